The Balaban J connectivity index is 0.00000261. The summed E-state index contributed by atoms with van der Waals surface area (Å²) in [5, 5.41) is 10.9. The molecule has 1 unspecified atom stereocenters. The molecule has 142 valence electrons. The summed E-state index contributed by atoms with van der Waals surface area (Å²) in [5.74, 6) is 0.344. The fourth-order valence-corrected chi connectivity index (χ4v) is 2.54. The van der Waals surface area contributed by atoms with Crippen LogP contribution in [0.5, 0.6) is 0 Å². The number of nitrogen functional groups attached to an aromatic ring is 1. The van der Waals surface area contributed by atoms with Crippen molar-refractivity contribution in [1.29, 1.82) is 0 Å². The third-order valence-corrected chi connectivity index (χ3v) is 3.90. The average Bonchev–Trinajstić information content (AvgIpc) is 2.96. The molecule has 0 spiro atoms. The van der Waals surface area contributed by atoms with Crippen molar-refractivity contribution in [3.63, 3.8) is 0 Å². The average molecular weight is 410 g/mol. The molecular weight excluding hydrogens is 393 g/mol. The van der Waals surface area contributed by atoms with E-state index >= 15 is 0 Å². The van der Waals surface area contributed by atoms with Crippen molar-refractivity contribution in [1.82, 2.24) is 25.0 Å². The molecule has 3 rings (SSSR count). The fourth-order valence-electron chi connectivity index (χ4n) is 2.27. The number of anilines is 2. The van der Waals surface area contributed by atoms with Crippen molar-refractivity contribution >= 4 is 41.6 Å². The van der Waals surface area contributed by atoms with Crippen LogP contribution in [0.4, 0.5) is 16.3 Å². The second-order valence-corrected chi connectivity index (χ2v) is 5.80. The van der Waals surface area contributed by atoms with Gasteiger partial charge in [-0.05, 0) is 25.1 Å². The Morgan fingerprint density at radius 1 is 1.33 bits per heavy atom. The molecule has 0 saturated heterocycles. The Morgan fingerprint density at radius 2 is 2.11 bits per heavy atom. The zero-order valence-corrected chi connectivity index (χ0v) is 16.0. The van der Waals surface area contributed by atoms with E-state index in [1.165, 1.54) is 10.9 Å². The van der Waals surface area contributed by atoms with Gasteiger partial charge in [0.05, 0.1) is 17.6 Å². The highest BCUT2D eigenvalue weighted by Crippen LogP contribution is 2.26. The van der Waals surface area contributed by atoms with Crippen LogP contribution in [0.2, 0.25) is 5.15 Å². The highest BCUT2D eigenvalue weighted by atomic mass is 35.5. The highest BCUT2D eigenvalue weighted by Gasteiger charge is 2.20. The molecule has 11 heteroatoms. The number of amides is 1. The number of carbonyl (C=O) groups excluding carboxylic acids is 1. The van der Waals surface area contributed by atoms with Crippen LogP contribution in [0.1, 0.15) is 18.6 Å². The number of hydrogen-bond acceptors (Lipinski definition) is 7. The summed E-state index contributed by atoms with van der Waals surface area (Å²) < 4.78 is 6.78. The van der Waals surface area contributed by atoms with Gasteiger partial charge < -0.3 is 10.5 Å². The van der Waals surface area contributed by atoms with Crippen molar-refractivity contribution in [2.45, 2.75) is 13.0 Å². The Morgan fingerprint density at radius 3 is 2.78 bits per heavy atom. The van der Waals surface area contributed by atoms with Crippen LogP contribution >= 0.6 is 24.0 Å². The molecule has 3 aromatic heterocycles. The lowest BCUT2D eigenvalue weighted by Crippen LogP contribution is -2.18. The highest BCUT2D eigenvalue weighted by molar-refractivity contribution is 6.30. The van der Waals surface area contributed by atoms with E-state index in [0.29, 0.717) is 28.5 Å². The minimum Gasteiger partial charge on any atom is -0.441 e. The number of nitrogens with two attached hydrogens (primary N) is 1. The molecule has 3 N–H and O–H groups in total. The summed E-state index contributed by atoms with van der Waals surface area (Å²) in [4.78, 5) is 20.4. The van der Waals surface area contributed by atoms with Gasteiger partial charge in [-0.15, -0.1) is 17.5 Å². The predicted octanol–water partition coefficient (Wildman–Crippen LogP) is 3.24. The van der Waals surface area contributed by atoms with Gasteiger partial charge in [-0.1, -0.05) is 22.9 Å². The van der Waals surface area contributed by atoms with Gasteiger partial charge >= 0.3 is 6.09 Å². The maximum atomic E-state index is 12.3. The van der Waals surface area contributed by atoms with Gasteiger partial charge in [-0.3, -0.25) is 10.3 Å². The first-order chi connectivity index (χ1) is 12.5. The number of ether oxygens (including phenoxy) is 1. The maximum absolute atomic E-state index is 12.3. The Hall–Kier alpha value is -2.91. The van der Waals surface area contributed by atoms with E-state index in [9.17, 15) is 4.79 Å². The normalized spacial score (nSPS) is 11.4. The molecule has 0 aliphatic heterocycles. The summed E-state index contributed by atoms with van der Waals surface area (Å²) in [6.07, 6.45) is 1.79. The third kappa shape index (κ3) is 4.63. The van der Waals surface area contributed by atoms with Gasteiger partial charge in [0.2, 0.25) is 0 Å². The molecule has 3 heterocycles. The summed E-state index contributed by atoms with van der Waals surface area (Å²) >= 11 is 6.02. The number of carbonyl (C=O) groups is 1. The number of rotatable bonds is 4. The fraction of sp³-hybridized carbons (Fsp3) is 0.188. The van der Waals surface area contributed by atoms with Crippen molar-refractivity contribution in [2.75, 3.05) is 11.1 Å². The summed E-state index contributed by atoms with van der Waals surface area (Å²) in [6, 6.07) is 6.83. The van der Waals surface area contributed by atoms with Crippen LogP contribution in [0.25, 0.3) is 11.4 Å². The van der Waals surface area contributed by atoms with Crippen molar-refractivity contribution in [3.8, 4) is 11.4 Å². The molecule has 27 heavy (non-hydrogen) atoms. The Labute approximate surface area is 166 Å². The van der Waals surface area contributed by atoms with Crippen LogP contribution in [0, 0.1) is 0 Å². The molecule has 9 nitrogen and oxygen atoms in total. The number of pyridine rings is 2. The standard InChI is InChI=1S/C16H16ClN7O2.ClH/c1-9(11-4-3-7-19-14(11)17)26-16(25)21-15-13(22-23-24(15)2)12-6-5-10(18)8-20-12;/h3-9H,18H2,1-2H3,(H,21,25);1H. The predicted molar refractivity (Wildman–Crippen MR) is 104 cm³/mol. The molecule has 1 amide bonds. The van der Waals surface area contributed by atoms with Crippen LogP contribution < -0.4 is 11.1 Å². The minimum atomic E-state index is -0.681. The molecule has 3 aromatic rings. The second-order valence-electron chi connectivity index (χ2n) is 5.44. The van der Waals surface area contributed by atoms with Crippen LogP contribution in [-0.2, 0) is 11.8 Å². The monoisotopic (exact) mass is 409 g/mol. The van der Waals surface area contributed by atoms with E-state index in [2.05, 4.69) is 25.6 Å². The lowest BCUT2D eigenvalue weighted by Gasteiger charge is -2.15. The lowest BCUT2D eigenvalue weighted by atomic mass is 10.2. The van der Waals surface area contributed by atoms with E-state index in [-0.39, 0.29) is 17.6 Å². The van der Waals surface area contributed by atoms with E-state index < -0.39 is 12.2 Å². The number of hydrogen-bond donors (Lipinski definition) is 2. The first-order valence-electron chi connectivity index (χ1n) is 7.65. The van der Waals surface area contributed by atoms with E-state index in [0.717, 1.165) is 0 Å². The molecule has 0 radical (unpaired) electrons. The number of halogens is 2. The maximum Gasteiger partial charge on any atom is 0.413 e. The number of nitrogens with one attached hydrogen (secondary N) is 1. The van der Waals surface area contributed by atoms with E-state index in [1.807, 2.05) is 0 Å². The van der Waals surface area contributed by atoms with Crippen LogP contribution in [-0.4, -0.2) is 31.1 Å². The number of nitrogens with zero attached hydrogens (tertiary/aromatic N) is 5. The summed E-state index contributed by atoms with van der Waals surface area (Å²) in [7, 11) is 1.64. The smallest absolute Gasteiger partial charge is 0.413 e. The minimum absolute atomic E-state index is 0. The van der Waals surface area contributed by atoms with Gasteiger partial charge in [0.25, 0.3) is 0 Å². The van der Waals surface area contributed by atoms with Gasteiger partial charge in [0.15, 0.2) is 11.5 Å². The summed E-state index contributed by atoms with van der Waals surface area (Å²) in [5.41, 5.74) is 7.69. The quantitative estimate of drug-likeness (QED) is 0.634. The van der Waals surface area contributed by atoms with Crippen molar-refractivity contribution in [3.05, 3.63) is 47.4 Å². The van der Waals surface area contributed by atoms with Crippen molar-refractivity contribution in [2.24, 2.45) is 7.05 Å². The van der Waals surface area contributed by atoms with Crippen molar-refractivity contribution < 1.29 is 9.53 Å². The molecule has 0 aliphatic carbocycles. The summed E-state index contributed by atoms with van der Waals surface area (Å²) in [6.45, 7) is 1.70. The molecule has 0 saturated carbocycles. The second kappa shape index (κ2) is 8.65. The molecule has 0 aromatic carbocycles. The SMILES string of the molecule is CC(OC(=O)Nc1c(-c2ccc(N)cn2)nnn1C)c1cccnc1Cl.Cl. The van der Waals surface area contributed by atoms with Gasteiger partial charge in [0, 0.05) is 18.8 Å². The number of aryl methyl sites for hydroxylation is 1. The zero-order valence-electron chi connectivity index (χ0n) is 14.5. The van der Waals surface area contributed by atoms with E-state index in [1.54, 1.807) is 44.4 Å². The number of aromatic nitrogens is 5. The third-order valence-electron chi connectivity index (χ3n) is 3.59. The molecule has 1 atom stereocenters. The largest absolute Gasteiger partial charge is 0.441 e. The Bertz CT molecular complexity index is 931. The molecule has 0 fully saturated rings. The molecule has 0 bridgehead atoms. The first kappa shape index (κ1) is 20.4. The zero-order chi connectivity index (χ0) is 18.7. The van der Waals surface area contributed by atoms with Crippen LogP contribution in [0.3, 0.4) is 0 Å². The van der Waals surface area contributed by atoms with Gasteiger partial charge in [0.1, 0.15) is 11.3 Å². The topological polar surface area (TPSA) is 121 Å². The Kier molecular flexibility index (Phi) is 6.54. The molecule has 0 aliphatic rings. The van der Waals surface area contributed by atoms with E-state index in [4.69, 9.17) is 22.1 Å². The first-order valence-corrected chi connectivity index (χ1v) is 8.03. The van der Waals surface area contributed by atoms with Crippen LogP contribution in [0.15, 0.2) is 36.7 Å². The van der Waals surface area contributed by atoms with Gasteiger partial charge in [-0.25, -0.2) is 14.5 Å². The molecular formula is C16H17Cl2N7O2. The van der Waals surface area contributed by atoms with Gasteiger partial charge in [-0.2, -0.15) is 0 Å². The lowest BCUT2D eigenvalue weighted by molar-refractivity contribution is 0.121.